The van der Waals surface area contributed by atoms with Gasteiger partial charge >= 0.3 is 0 Å². The topological polar surface area (TPSA) is 76.7 Å². The number of hydrogen-bond acceptors (Lipinski definition) is 4. The molecule has 6 nitrogen and oxygen atoms in total. The highest BCUT2D eigenvalue weighted by atomic mass is 16.5. The maximum atomic E-state index is 12.7. The molecule has 2 amide bonds. The number of para-hydroxylation sites is 1. The van der Waals surface area contributed by atoms with Crippen LogP contribution in [0.15, 0.2) is 54.6 Å². The first-order valence-electron chi connectivity index (χ1n) is 10.5. The molecule has 1 saturated heterocycles. The number of rotatable bonds is 6. The highest BCUT2D eigenvalue weighted by molar-refractivity contribution is 5.94. The summed E-state index contributed by atoms with van der Waals surface area (Å²) < 4.78 is 11.1. The van der Waals surface area contributed by atoms with Crippen molar-refractivity contribution in [2.24, 2.45) is 11.8 Å². The number of benzene rings is 2. The number of hydrogen-bond donors (Lipinski definition) is 2. The van der Waals surface area contributed by atoms with Crippen LogP contribution < -0.4 is 15.4 Å². The van der Waals surface area contributed by atoms with Gasteiger partial charge in [-0.05, 0) is 67.5 Å². The fourth-order valence-corrected chi connectivity index (χ4v) is 4.67. The minimum absolute atomic E-state index is 0.0561. The van der Waals surface area contributed by atoms with Gasteiger partial charge in [0.05, 0.1) is 0 Å². The van der Waals surface area contributed by atoms with Crippen molar-refractivity contribution in [3.8, 4) is 11.5 Å². The standard InChI is InChI=1S/C24H28N2O4/c1-29-15-17-13-23(27)26-22-14-18(9-12-21(17)22)25-24(28)16-7-10-20(11-8-16)30-19-5-3-2-4-6-19/h2-8,10-11,17-18,21-22H,9,12-15H2,1H3,(H,25,28)(H,26,27). The van der Waals surface area contributed by atoms with Crippen LogP contribution in [-0.4, -0.2) is 37.6 Å². The first kappa shape index (κ1) is 20.4. The minimum Gasteiger partial charge on any atom is -0.457 e. The number of methoxy groups -OCH3 is 1. The number of piperidine rings is 1. The molecule has 2 fully saturated rings. The van der Waals surface area contributed by atoms with E-state index in [0.717, 1.165) is 25.0 Å². The van der Waals surface area contributed by atoms with Gasteiger partial charge in [0.25, 0.3) is 5.91 Å². The zero-order valence-electron chi connectivity index (χ0n) is 17.2. The van der Waals surface area contributed by atoms with Crippen LogP contribution in [0.1, 0.15) is 36.0 Å². The van der Waals surface area contributed by atoms with Crippen molar-refractivity contribution in [3.63, 3.8) is 0 Å². The van der Waals surface area contributed by atoms with E-state index in [4.69, 9.17) is 9.47 Å². The largest absolute Gasteiger partial charge is 0.457 e. The molecule has 0 spiro atoms. The summed E-state index contributed by atoms with van der Waals surface area (Å²) in [5.74, 6) is 2.12. The monoisotopic (exact) mass is 408 g/mol. The molecular formula is C24H28N2O4. The molecule has 6 heteroatoms. The van der Waals surface area contributed by atoms with Gasteiger partial charge in [-0.2, -0.15) is 0 Å². The van der Waals surface area contributed by atoms with E-state index in [9.17, 15) is 9.59 Å². The molecule has 2 aliphatic rings. The molecule has 158 valence electrons. The third kappa shape index (κ3) is 4.82. The van der Waals surface area contributed by atoms with Gasteiger partial charge in [0, 0.05) is 37.8 Å². The molecule has 1 aliphatic carbocycles. The summed E-state index contributed by atoms with van der Waals surface area (Å²) >= 11 is 0. The van der Waals surface area contributed by atoms with Crippen LogP contribution in [0.2, 0.25) is 0 Å². The van der Waals surface area contributed by atoms with E-state index in [0.29, 0.717) is 30.3 Å². The third-order valence-corrected chi connectivity index (χ3v) is 6.11. The summed E-state index contributed by atoms with van der Waals surface area (Å²) in [4.78, 5) is 24.8. The van der Waals surface area contributed by atoms with Crippen LogP contribution in [0.25, 0.3) is 0 Å². The molecule has 1 heterocycles. The van der Waals surface area contributed by atoms with Crippen LogP contribution in [0.4, 0.5) is 0 Å². The van der Waals surface area contributed by atoms with Gasteiger partial charge in [-0.25, -0.2) is 0 Å². The predicted molar refractivity (Wildman–Crippen MR) is 113 cm³/mol. The Morgan fingerprint density at radius 1 is 1.07 bits per heavy atom. The van der Waals surface area contributed by atoms with E-state index < -0.39 is 0 Å². The molecule has 1 aliphatic heterocycles. The molecule has 30 heavy (non-hydrogen) atoms. The zero-order chi connectivity index (χ0) is 20.9. The number of nitrogens with one attached hydrogen (secondary N) is 2. The molecular weight excluding hydrogens is 380 g/mol. The quantitative estimate of drug-likeness (QED) is 0.767. The molecule has 0 aromatic heterocycles. The second kappa shape index (κ2) is 9.30. The zero-order valence-corrected chi connectivity index (χ0v) is 17.2. The lowest BCUT2D eigenvalue weighted by Gasteiger charge is -2.43. The van der Waals surface area contributed by atoms with Crippen LogP contribution in [0.3, 0.4) is 0 Å². The summed E-state index contributed by atoms with van der Waals surface area (Å²) in [6.45, 7) is 0.614. The molecule has 1 saturated carbocycles. The maximum Gasteiger partial charge on any atom is 0.251 e. The Morgan fingerprint density at radius 2 is 1.80 bits per heavy atom. The predicted octanol–water partition coefficient (Wildman–Crippen LogP) is 3.53. The van der Waals surface area contributed by atoms with Crippen molar-refractivity contribution < 1.29 is 19.1 Å². The molecule has 4 atom stereocenters. The van der Waals surface area contributed by atoms with E-state index in [1.165, 1.54) is 0 Å². The van der Waals surface area contributed by atoms with E-state index in [1.54, 1.807) is 31.4 Å². The fraction of sp³-hybridized carbons (Fsp3) is 0.417. The van der Waals surface area contributed by atoms with Gasteiger partial charge in [0.1, 0.15) is 11.5 Å². The van der Waals surface area contributed by atoms with Crippen molar-refractivity contribution in [2.45, 2.75) is 37.8 Å². The Balaban J connectivity index is 1.33. The lowest BCUT2D eigenvalue weighted by Crippen LogP contribution is -2.56. The van der Waals surface area contributed by atoms with Crippen molar-refractivity contribution >= 4 is 11.8 Å². The van der Waals surface area contributed by atoms with E-state index >= 15 is 0 Å². The summed E-state index contributed by atoms with van der Waals surface area (Å²) in [6.07, 6.45) is 3.19. The average Bonchev–Trinajstić information content (AvgIpc) is 2.75. The van der Waals surface area contributed by atoms with Crippen molar-refractivity contribution in [3.05, 3.63) is 60.2 Å². The smallest absolute Gasteiger partial charge is 0.251 e. The van der Waals surface area contributed by atoms with Gasteiger partial charge in [-0.15, -0.1) is 0 Å². The fourth-order valence-electron chi connectivity index (χ4n) is 4.67. The number of ether oxygens (including phenoxy) is 2. The Labute approximate surface area is 177 Å². The van der Waals surface area contributed by atoms with Crippen molar-refractivity contribution in [2.75, 3.05) is 13.7 Å². The number of carbonyl (C=O) groups excluding carboxylic acids is 2. The Bertz CT molecular complexity index is 869. The summed E-state index contributed by atoms with van der Waals surface area (Å²) in [7, 11) is 1.68. The maximum absolute atomic E-state index is 12.7. The summed E-state index contributed by atoms with van der Waals surface area (Å²) in [5.41, 5.74) is 0.600. The number of amides is 2. The Kier molecular flexibility index (Phi) is 6.33. The first-order chi connectivity index (χ1) is 14.6. The lowest BCUT2D eigenvalue weighted by molar-refractivity contribution is -0.128. The van der Waals surface area contributed by atoms with Gasteiger partial charge < -0.3 is 20.1 Å². The average molecular weight is 408 g/mol. The number of fused-ring (bicyclic) bond motifs is 1. The molecule has 0 radical (unpaired) electrons. The van der Waals surface area contributed by atoms with Crippen LogP contribution in [-0.2, 0) is 9.53 Å². The summed E-state index contributed by atoms with van der Waals surface area (Å²) in [6, 6.07) is 16.8. The van der Waals surface area contributed by atoms with Crippen LogP contribution in [0.5, 0.6) is 11.5 Å². The Hall–Kier alpha value is -2.86. The molecule has 2 aromatic carbocycles. The molecule has 2 N–H and O–H groups in total. The van der Waals surface area contributed by atoms with Crippen molar-refractivity contribution in [1.82, 2.24) is 10.6 Å². The van der Waals surface area contributed by atoms with Gasteiger partial charge in [-0.1, -0.05) is 18.2 Å². The molecule has 4 rings (SSSR count). The van der Waals surface area contributed by atoms with Gasteiger partial charge in [0.2, 0.25) is 5.91 Å². The summed E-state index contributed by atoms with van der Waals surface area (Å²) in [5, 5.41) is 6.25. The van der Waals surface area contributed by atoms with Crippen LogP contribution in [0, 0.1) is 11.8 Å². The number of carbonyl (C=O) groups is 2. The molecule has 4 unspecified atom stereocenters. The first-order valence-corrected chi connectivity index (χ1v) is 10.5. The third-order valence-electron chi connectivity index (χ3n) is 6.11. The molecule has 0 bridgehead atoms. The van der Waals surface area contributed by atoms with E-state index in [2.05, 4.69) is 10.6 Å². The highest BCUT2D eigenvalue weighted by Crippen LogP contribution is 2.35. The van der Waals surface area contributed by atoms with E-state index in [1.807, 2.05) is 30.3 Å². The van der Waals surface area contributed by atoms with Crippen LogP contribution >= 0.6 is 0 Å². The van der Waals surface area contributed by atoms with E-state index in [-0.39, 0.29) is 29.8 Å². The second-order valence-electron chi connectivity index (χ2n) is 8.18. The highest BCUT2D eigenvalue weighted by Gasteiger charge is 2.40. The lowest BCUT2D eigenvalue weighted by atomic mass is 9.71. The normalized spacial score (nSPS) is 25.7. The Morgan fingerprint density at radius 3 is 2.53 bits per heavy atom. The van der Waals surface area contributed by atoms with Gasteiger partial charge in [0.15, 0.2) is 0 Å². The minimum atomic E-state index is -0.0970. The SMILES string of the molecule is COCC1CC(=O)NC2CC(NC(=O)c3ccc(Oc4ccccc4)cc3)CCC12. The van der Waals surface area contributed by atoms with Gasteiger partial charge in [-0.3, -0.25) is 9.59 Å². The second-order valence-corrected chi connectivity index (χ2v) is 8.18. The van der Waals surface area contributed by atoms with Crippen molar-refractivity contribution in [1.29, 1.82) is 0 Å². The molecule has 2 aromatic rings.